The first kappa shape index (κ1) is 21.5. The predicted octanol–water partition coefficient (Wildman–Crippen LogP) is 1.35. The number of ether oxygens (including phenoxy) is 1. The summed E-state index contributed by atoms with van der Waals surface area (Å²) < 4.78 is 7.64. The van der Waals surface area contributed by atoms with Crippen molar-refractivity contribution in [2.75, 3.05) is 50.0 Å². The molecule has 0 atom stereocenters. The smallest absolute Gasteiger partial charge is 0.222 e. The van der Waals surface area contributed by atoms with Crippen LogP contribution in [0.1, 0.15) is 26.2 Å². The van der Waals surface area contributed by atoms with Crippen molar-refractivity contribution in [3.63, 3.8) is 0 Å². The first-order chi connectivity index (χ1) is 16.1. The van der Waals surface area contributed by atoms with E-state index in [1.54, 1.807) is 12.4 Å². The molecule has 0 spiro atoms. The van der Waals surface area contributed by atoms with Gasteiger partial charge in [-0.15, -0.1) is 0 Å². The van der Waals surface area contributed by atoms with E-state index in [0.29, 0.717) is 36.9 Å². The standard InChI is InChI=1S/C22H29N9O2/c1-2-17(32)29-5-3-15(4-6-29)13-31-14-26-18-20(30-7-9-33-10-8-30)27-19(28-21(18)31)16-11-24-22(23)25-12-16/h11-12,14-15H,2-10,13H2,1H3,(H2,23,24,25). The average molecular weight is 452 g/mol. The van der Waals surface area contributed by atoms with Crippen molar-refractivity contribution in [2.24, 2.45) is 5.92 Å². The Morgan fingerprint density at radius 3 is 2.52 bits per heavy atom. The fourth-order valence-electron chi connectivity index (χ4n) is 4.51. The van der Waals surface area contributed by atoms with Gasteiger partial charge < -0.3 is 24.8 Å². The topological polar surface area (TPSA) is 128 Å². The molecule has 0 aromatic carbocycles. The number of carbonyl (C=O) groups excluding carboxylic acids is 1. The largest absolute Gasteiger partial charge is 0.378 e. The summed E-state index contributed by atoms with van der Waals surface area (Å²) >= 11 is 0. The van der Waals surface area contributed by atoms with Gasteiger partial charge in [0.15, 0.2) is 22.8 Å². The Kier molecular flexibility index (Phi) is 6.03. The minimum atomic E-state index is 0.214. The normalized spacial score (nSPS) is 17.6. The number of fused-ring (bicyclic) bond motifs is 1. The van der Waals surface area contributed by atoms with Crippen LogP contribution < -0.4 is 10.6 Å². The van der Waals surface area contributed by atoms with E-state index in [9.17, 15) is 4.79 Å². The van der Waals surface area contributed by atoms with E-state index in [1.807, 2.05) is 18.2 Å². The molecule has 2 aliphatic heterocycles. The Morgan fingerprint density at radius 2 is 1.82 bits per heavy atom. The van der Waals surface area contributed by atoms with Crippen molar-refractivity contribution in [3.05, 3.63) is 18.7 Å². The number of likely N-dealkylation sites (tertiary alicyclic amines) is 1. The van der Waals surface area contributed by atoms with Gasteiger partial charge in [-0.2, -0.15) is 0 Å². The summed E-state index contributed by atoms with van der Waals surface area (Å²) in [6, 6.07) is 0. The fourth-order valence-corrected chi connectivity index (χ4v) is 4.51. The highest BCUT2D eigenvalue weighted by Crippen LogP contribution is 2.29. The van der Waals surface area contributed by atoms with Crippen molar-refractivity contribution in [1.82, 2.24) is 34.4 Å². The molecule has 2 saturated heterocycles. The summed E-state index contributed by atoms with van der Waals surface area (Å²) in [6.45, 7) is 7.16. The number of amides is 1. The molecule has 5 heterocycles. The number of carbonyl (C=O) groups is 1. The lowest BCUT2D eigenvalue weighted by atomic mass is 9.96. The summed E-state index contributed by atoms with van der Waals surface area (Å²) in [5, 5.41) is 0. The van der Waals surface area contributed by atoms with Gasteiger partial charge in [-0.05, 0) is 18.8 Å². The zero-order valence-corrected chi connectivity index (χ0v) is 18.9. The van der Waals surface area contributed by atoms with Crippen LogP contribution in [-0.2, 0) is 16.1 Å². The number of rotatable bonds is 5. The summed E-state index contributed by atoms with van der Waals surface area (Å²) in [6.07, 6.45) is 7.67. The highest BCUT2D eigenvalue weighted by Gasteiger charge is 2.25. The van der Waals surface area contributed by atoms with Gasteiger partial charge in [-0.3, -0.25) is 4.79 Å². The van der Waals surface area contributed by atoms with Gasteiger partial charge >= 0.3 is 0 Å². The Balaban J connectivity index is 1.46. The molecule has 11 heteroatoms. The van der Waals surface area contributed by atoms with Crippen LogP contribution in [0, 0.1) is 5.92 Å². The molecule has 2 fully saturated rings. The maximum Gasteiger partial charge on any atom is 0.222 e. The molecule has 3 aromatic heterocycles. The molecule has 0 unspecified atom stereocenters. The van der Waals surface area contributed by atoms with Crippen molar-refractivity contribution < 1.29 is 9.53 Å². The van der Waals surface area contributed by atoms with E-state index in [1.165, 1.54) is 0 Å². The zero-order valence-electron chi connectivity index (χ0n) is 18.9. The molecule has 0 saturated carbocycles. The summed E-state index contributed by atoms with van der Waals surface area (Å²) in [5.41, 5.74) is 7.96. The second-order valence-corrected chi connectivity index (χ2v) is 8.55. The molecular weight excluding hydrogens is 422 g/mol. The van der Waals surface area contributed by atoms with Crippen molar-refractivity contribution >= 4 is 28.8 Å². The maximum absolute atomic E-state index is 12.0. The van der Waals surface area contributed by atoms with Crippen LogP contribution in [0.4, 0.5) is 11.8 Å². The number of nitrogens with zero attached hydrogens (tertiary/aromatic N) is 8. The predicted molar refractivity (Wildman–Crippen MR) is 123 cm³/mol. The van der Waals surface area contributed by atoms with Crippen LogP contribution in [0.3, 0.4) is 0 Å². The molecular formula is C22H29N9O2. The SMILES string of the molecule is CCC(=O)N1CCC(Cn2cnc3c(N4CCOCC4)nc(-c4cnc(N)nc4)nc32)CC1. The van der Waals surface area contributed by atoms with E-state index < -0.39 is 0 Å². The second-order valence-electron chi connectivity index (χ2n) is 8.55. The third-order valence-corrected chi connectivity index (χ3v) is 6.41. The van der Waals surface area contributed by atoms with Crippen LogP contribution in [0.25, 0.3) is 22.6 Å². The second kappa shape index (κ2) is 9.26. The number of nitrogen functional groups attached to an aromatic ring is 1. The molecule has 2 aliphatic rings. The van der Waals surface area contributed by atoms with E-state index in [4.69, 9.17) is 25.4 Å². The summed E-state index contributed by atoms with van der Waals surface area (Å²) in [7, 11) is 0. The monoisotopic (exact) mass is 451 g/mol. The van der Waals surface area contributed by atoms with Crippen molar-refractivity contribution in [3.8, 4) is 11.4 Å². The van der Waals surface area contributed by atoms with Gasteiger partial charge in [0.2, 0.25) is 11.9 Å². The quantitative estimate of drug-likeness (QED) is 0.611. The maximum atomic E-state index is 12.0. The molecule has 2 N–H and O–H groups in total. The first-order valence-electron chi connectivity index (χ1n) is 11.5. The molecule has 174 valence electrons. The summed E-state index contributed by atoms with van der Waals surface area (Å²) in [4.78, 5) is 38.8. The van der Waals surface area contributed by atoms with Crippen LogP contribution in [0.2, 0.25) is 0 Å². The average Bonchev–Trinajstić information content (AvgIpc) is 3.27. The van der Waals surface area contributed by atoms with Crippen LogP contribution in [0.15, 0.2) is 18.7 Å². The number of morpholine rings is 1. The molecule has 11 nitrogen and oxygen atoms in total. The first-order valence-corrected chi connectivity index (χ1v) is 11.5. The number of nitrogens with two attached hydrogens (primary N) is 1. The Labute approximate surface area is 192 Å². The van der Waals surface area contributed by atoms with E-state index in [0.717, 1.165) is 62.5 Å². The molecule has 33 heavy (non-hydrogen) atoms. The van der Waals surface area contributed by atoms with Gasteiger partial charge in [-0.1, -0.05) is 6.92 Å². The van der Waals surface area contributed by atoms with Gasteiger partial charge in [0.25, 0.3) is 0 Å². The number of imidazole rings is 1. The molecule has 0 bridgehead atoms. The number of aromatic nitrogens is 6. The van der Waals surface area contributed by atoms with Gasteiger partial charge in [0.05, 0.1) is 25.1 Å². The van der Waals surface area contributed by atoms with Crippen LogP contribution >= 0.6 is 0 Å². The van der Waals surface area contributed by atoms with Gasteiger partial charge in [-0.25, -0.2) is 24.9 Å². The van der Waals surface area contributed by atoms with Gasteiger partial charge in [0, 0.05) is 51.5 Å². The Hall–Kier alpha value is -3.34. The lowest BCUT2D eigenvalue weighted by Crippen LogP contribution is -2.38. The molecule has 0 aliphatic carbocycles. The van der Waals surface area contributed by atoms with Crippen LogP contribution in [-0.4, -0.2) is 79.7 Å². The molecule has 5 rings (SSSR count). The number of hydrogen-bond donors (Lipinski definition) is 1. The highest BCUT2D eigenvalue weighted by atomic mass is 16.5. The zero-order chi connectivity index (χ0) is 22.8. The van der Waals surface area contributed by atoms with E-state index >= 15 is 0 Å². The molecule has 0 radical (unpaired) electrons. The third-order valence-electron chi connectivity index (χ3n) is 6.41. The number of piperidine rings is 1. The van der Waals surface area contributed by atoms with E-state index in [2.05, 4.69) is 19.4 Å². The lowest BCUT2D eigenvalue weighted by Gasteiger charge is -2.32. The van der Waals surface area contributed by atoms with Crippen molar-refractivity contribution in [1.29, 1.82) is 0 Å². The highest BCUT2D eigenvalue weighted by molar-refractivity contribution is 5.85. The molecule has 3 aromatic rings. The van der Waals surface area contributed by atoms with Crippen molar-refractivity contribution in [2.45, 2.75) is 32.7 Å². The molecule has 1 amide bonds. The minimum absolute atomic E-state index is 0.214. The number of anilines is 2. The van der Waals surface area contributed by atoms with E-state index in [-0.39, 0.29) is 11.9 Å². The van der Waals surface area contributed by atoms with Gasteiger partial charge in [0.1, 0.15) is 0 Å². The third kappa shape index (κ3) is 4.45. The minimum Gasteiger partial charge on any atom is -0.378 e. The van der Waals surface area contributed by atoms with Crippen LogP contribution in [0.5, 0.6) is 0 Å². The fraction of sp³-hybridized carbons (Fsp3) is 0.545. The number of hydrogen-bond acceptors (Lipinski definition) is 9. The Bertz CT molecular complexity index is 1120. The lowest BCUT2D eigenvalue weighted by molar-refractivity contribution is -0.132. The summed E-state index contributed by atoms with van der Waals surface area (Å²) in [5.74, 6) is 2.27. The Morgan fingerprint density at radius 1 is 1.09 bits per heavy atom.